The summed E-state index contributed by atoms with van der Waals surface area (Å²) < 4.78 is 15.3. The molecular formula is C14H24N3O7P. The SMILES string of the molecule is Cc1ncc(COP(=O)(O)O)c(CNCCCC[C@@H](N)C(=O)O)c1O. The van der Waals surface area contributed by atoms with E-state index in [1.807, 2.05) is 0 Å². The van der Waals surface area contributed by atoms with Gasteiger partial charge in [-0.1, -0.05) is 6.42 Å². The number of carboxylic acids is 1. The van der Waals surface area contributed by atoms with Crippen molar-refractivity contribution in [2.24, 2.45) is 5.73 Å². The topological polar surface area (TPSA) is 175 Å². The van der Waals surface area contributed by atoms with E-state index in [9.17, 15) is 14.5 Å². The zero-order chi connectivity index (χ0) is 19.0. The van der Waals surface area contributed by atoms with Gasteiger partial charge < -0.3 is 31.1 Å². The van der Waals surface area contributed by atoms with Crippen LogP contribution in [0.5, 0.6) is 5.75 Å². The molecule has 0 bridgehead atoms. The van der Waals surface area contributed by atoms with E-state index in [2.05, 4.69) is 14.8 Å². The van der Waals surface area contributed by atoms with Gasteiger partial charge in [0.1, 0.15) is 11.8 Å². The summed E-state index contributed by atoms with van der Waals surface area (Å²) >= 11 is 0. The number of carbonyl (C=O) groups is 1. The van der Waals surface area contributed by atoms with Gasteiger partial charge in [0.05, 0.1) is 12.3 Å². The smallest absolute Gasteiger partial charge is 0.469 e. The molecule has 1 heterocycles. The summed E-state index contributed by atoms with van der Waals surface area (Å²) in [5.41, 5.74) is 6.62. The Labute approximate surface area is 145 Å². The normalized spacial score (nSPS) is 13.0. The minimum atomic E-state index is -4.63. The Morgan fingerprint density at radius 3 is 2.72 bits per heavy atom. The molecule has 0 spiro atoms. The van der Waals surface area contributed by atoms with Crippen molar-refractivity contribution in [2.75, 3.05) is 6.54 Å². The number of hydrogen-bond acceptors (Lipinski definition) is 7. The number of aromatic nitrogens is 1. The van der Waals surface area contributed by atoms with Crippen molar-refractivity contribution in [2.45, 2.75) is 45.4 Å². The Hall–Kier alpha value is -1.55. The van der Waals surface area contributed by atoms with Gasteiger partial charge in [0, 0.05) is 23.9 Å². The van der Waals surface area contributed by atoms with E-state index in [1.54, 1.807) is 6.92 Å². The van der Waals surface area contributed by atoms with Crippen molar-refractivity contribution >= 4 is 13.8 Å². The summed E-state index contributed by atoms with van der Waals surface area (Å²) in [4.78, 5) is 32.1. The molecule has 0 saturated carbocycles. The van der Waals surface area contributed by atoms with Crippen LogP contribution in [-0.4, -0.2) is 43.5 Å². The highest BCUT2D eigenvalue weighted by molar-refractivity contribution is 7.46. The Morgan fingerprint density at radius 2 is 2.12 bits per heavy atom. The fourth-order valence-electron chi connectivity index (χ4n) is 2.11. The van der Waals surface area contributed by atoms with Crippen LogP contribution in [-0.2, 0) is 27.0 Å². The Morgan fingerprint density at radius 1 is 1.44 bits per heavy atom. The lowest BCUT2D eigenvalue weighted by molar-refractivity contribution is -0.138. The van der Waals surface area contributed by atoms with E-state index < -0.39 is 19.8 Å². The largest absolute Gasteiger partial charge is 0.506 e. The first-order valence-electron chi connectivity index (χ1n) is 7.67. The summed E-state index contributed by atoms with van der Waals surface area (Å²) in [6, 6.07) is -0.872. The number of nitrogens with two attached hydrogens (primary N) is 1. The molecule has 25 heavy (non-hydrogen) atoms. The van der Waals surface area contributed by atoms with Gasteiger partial charge in [-0.15, -0.1) is 0 Å². The first kappa shape index (κ1) is 21.5. The maximum absolute atomic E-state index is 10.8. The molecule has 10 nitrogen and oxygen atoms in total. The molecule has 1 atom stereocenters. The number of aliphatic carboxylic acids is 1. The molecule has 7 N–H and O–H groups in total. The van der Waals surface area contributed by atoms with E-state index in [0.717, 1.165) is 0 Å². The summed E-state index contributed by atoms with van der Waals surface area (Å²) in [6.07, 6.45) is 3.10. The van der Waals surface area contributed by atoms with E-state index in [-0.39, 0.29) is 18.9 Å². The van der Waals surface area contributed by atoms with Gasteiger partial charge in [-0.2, -0.15) is 0 Å². The third-order valence-electron chi connectivity index (χ3n) is 3.56. The second-order valence-corrected chi connectivity index (χ2v) is 6.82. The van der Waals surface area contributed by atoms with Crippen molar-refractivity contribution in [3.05, 3.63) is 23.0 Å². The standard InChI is InChI=1S/C14H24N3O7P/c1-9-13(18)11(10(6-17-9)8-24-25(21,22)23)7-16-5-3-2-4-12(15)14(19)20/h6,12,16,18H,2-5,7-8,15H2,1H3,(H,19,20)(H2,21,22,23)/t12-/m1/s1. The van der Waals surface area contributed by atoms with Crippen LogP contribution in [0.1, 0.15) is 36.1 Å². The molecule has 1 aromatic heterocycles. The highest BCUT2D eigenvalue weighted by Gasteiger charge is 2.18. The lowest BCUT2D eigenvalue weighted by Gasteiger charge is -2.14. The zero-order valence-electron chi connectivity index (χ0n) is 13.9. The number of phosphoric acid groups is 1. The number of nitrogens with zero attached hydrogens (tertiary/aromatic N) is 1. The molecular weight excluding hydrogens is 353 g/mol. The summed E-state index contributed by atoms with van der Waals surface area (Å²) in [6.45, 7) is 2.04. The third kappa shape index (κ3) is 7.91. The van der Waals surface area contributed by atoms with Crippen LogP contribution < -0.4 is 11.1 Å². The average Bonchev–Trinajstić information content (AvgIpc) is 2.52. The maximum atomic E-state index is 10.8. The van der Waals surface area contributed by atoms with Crippen molar-refractivity contribution in [3.63, 3.8) is 0 Å². The highest BCUT2D eigenvalue weighted by atomic mass is 31.2. The molecule has 0 radical (unpaired) electrons. The van der Waals surface area contributed by atoms with Crippen molar-refractivity contribution in [1.82, 2.24) is 10.3 Å². The molecule has 1 rings (SSSR count). The van der Waals surface area contributed by atoms with E-state index >= 15 is 0 Å². The minimum absolute atomic E-state index is 0.0628. The van der Waals surface area contributed by atoms with Crippen LogP contribution >= 0.6 is 7.82 Å². The van der Waals surface area contributed by atoms with Crippen LogP contribution in [0, 0.1) is 6.92 Å². The van der Waals surface area contributed by atoms with Gasteiger partial charge in [0.15, 0.2) is 0 Å². The number of aromatic hydroxyl groups is 1. The molecule has 0 aromatic carbocycles. The van der Waals surface area contributed by atoms with Gasteiger partial charge in [-0.25, -0.2) is 4.57 Å². The molecule has 0 saturated heterocycles. The molecule has 1 aromatic rings. The van der Waals surface area contributed by atoms with Crippen LogP contribution in [0.25, 0.3) is 0 Å². The minimum Gasteiger partial charge on any atom is -0.506 e. The van der Waals surface area contributed by atoms with Crippen LogP contribution in [0.4, 0.5) is 0 Å². The quantitative estimate of drug-likeness (QED) is 0.233. The lowest BCUT2D eigenvalue weighted by atomic mass is 10.1. The van der Waals surface area contributed by atoms with Crippen LogP contribution in [0.3, 0.4) is 0 Å². The number of phosphoric ester groups is 1. The predicted octanol–water partition coefficient (Wildman–Crippen LogP) is 0.377. The van der Waals surface area contributed by atoms with E-state index in [0.29, 0.717) is 42.6 Å². The maximum Gasteiger partial charge on any atom is 0.469 e. The van der Waals surface area contributed by atoms with Crippen molar-refractivity contribution in [3.8, 4) is 5.75 Å². The highest BCUT2D eigenvalue weighted by Crippen LogP contribution is 2.38. The number of aryl methyl sites for hydroxylation is 1. The number of rotatable bonds is 11. The second kappa shape index (κ2) is 9.81. The van der Waals surface area contributed by atoms with Crippen molar-refractivity contribution < 1.29 is 33.9 Å². The van der Waals surface area contributed by atoms with Crippen molar-refractivity contribution in [1.29, 1.82) is 0 Å². The fourth-order valence-corrected chi connectivity index (χ4v) is 2.42. The van der Waals surface area contributed by atoms with Crippen LogP contribution in [0.2, 0.25) is 0 Å². The Bertz CT molecular complexity index is 635. The Kier molecular flexibility index (Phi) is 8.43. The van der Waals surface area contributed by atoms with Crippen LogP contribution in [0.15, 0.2) is 6.20 Å². The summed E-state index contributed by atoms with van der Waals surface area (Å²) in [5, 5.41) is 21.9. The number of carboxylic acid groups (broad SMARTS) is 1. The number of nitrogens with one attached hydrogen (secondary N) is 1. The molecule has 0 aliphatic heterocycles. The molecule has 11 heteroatoms. The molecule has 142 valence electrons. The second-order valence-electron chi connectivity index (χ2n) is 5.58. The first-order chi connectivity index (χ1) is 11.6. The van der Waals surface area contributed by atoms with Gasteiger partial charge in [-0.05, 0) is 26.3 Å². The first-order valence-corrected chi connectivity index (χ1v) is 9.20. The van der Waals surface area contributed by atoms with Gasteiger partial charge >= 0.3 is 13.8 Å². The average molecular weight is 377 g/mol. The summed E-state index contributed by atoms with van der Waals surface area (Å²) in [7, 11) is -4.63. The number of unbranched alkanes of at least 4 members (excludes halogenated alkanes) is 1. The molecule has 0 unspecified atom stereocenters. The van der Waals surface area contributed by atoms with Gasteiger partial charge in [0.2, 0.25) is 0 Å². The molecule has 0 amide bonds. The number of hydrogen-bond donors (Lipinski definition) is 6. The number of pyridine rings is 1. The Balaban J connectivity index is 2.54. The third-order valence-corrected chi connectivity index (χ3v) is 4.02. The predicted molar refractivity (Wildman–Crippen MR) is 88.6 cm³/mol. The van der Waals surface area contributed by atoms with E-state index in [4.69, 9.17) is 20.6 Å². The van der Waals surface area contributed by atoms with E-state index in [1.165, 1.54) is 6.20 Å². The summed E-state index contributed by atoms with van der Waals surface area (Å²) in [5.74, 6) is -1.09. The van der Waals surface area contributed by atoms with Gasteiger partial charge in [-0.3, -0.25) is 14.3 Å². The zero-order valence-corrected chi connectivity index (χ0v) is 14.8. The molecule has 0 fully saturated rings. The lowest BCUT2D eigenvalue weighted by Crippen LogP contribution is -2.30. The van der Waals surface area contributed by atoms with Gasteiger partial charge in [0.25, 0.3) is 0 Å². The molecule has 0 aliphatic carbocycles. The fraction of sp³-hybridized carbons (Fsp3) is 0.571. The monoisotopic (exact) mass is 377 g/mol. The molecule has 0 aliphatic rings.